The number of rotatable bonds is 2. The van der Waals surface area contributed by atoms with E-state index >= 15 is 0 Å². The number of hydrogen-bond acceptors (Lipinski definition) is 2. The number of benzene rings is 1. The van der Waals surface area contributed by atoms with Gasteiger partial charge in [0.25, 0.3) is 0 Å². The first kappa shape index (κ1) is 14.4. The van der Waals surface area contributed by atoms with Gasteiger partial charge in [0.15, 0.2) is 0 Å². The van der Waals surface area contributed by atoms with Crippen molar-refractivity contribution < 1.29 is 13.6 Å². The Morgan fingerprint density at radius 2 is 1.81 bits per heavy atom. The second-order valence-electron chi connectivity index (χ2n) is 6.10. The second-order valence-corrected chi connectivity index (χ2v) is 6.10. The molecule has 1 fully saturated rings. The summed E-state index contributed by atoms with van der Waals surface area (Å²) in [5.41, 5.74) is 6.26. The summed E-state index contributed by atoms with van der Waals surface area (Å²) in [5, 5.41) is 0. The van der Waals surface area contributed by atoms with Crippen molar-refractivity contribution in [1.29, 1.82) is 0 Å². The molecule has 0 aromatic heterocycles. The highest BCUT2D eigenvalue weighted by Crippen LogP contribution is 2.38. The highest BCUT2D eigenvalue weighted by molar-refractivity contribution is 6.04. The number of anilines is 1. The summed E-state index contributed by atoms with van der Waals surface area (Å²) in [6.07, 6.45) is 6.89. The van der Waals surface area contributed by atoms with E-state index in [1.165, 1.54) is 23.8 Å². The molecular formula is C16H20F2N2O. The summed E-state index contributed by atoms with van der Waals surface area (Å²) >= 11 is 0. The van der Waals surface area contributed by atoms with Crippen LogP contribution in [0.25, 0.3) is 0 Å². The predicted molar refractivity (Wildman–Crippen MR) is 76.8 cm³/mol. The van der Waals surface area contributed by atoms with Crippen LogP contribution < -0.4 is 10.6 Å². The van der Waals surface area contributed by atoms with Crippen LogP contribution in [-0.2, 0) is 4.79 Å². The molecule has 0 radical (unpaired) electrons. The number of hydrogen-bond donors (Lipinski definition) is 1. The first-order chi connectivity index (χ1) is 10.1. The minimum Gasteiger partial charge on any atom is -0.316 e. The highest BCUT2D eigenvalue weighted by Gasteiger charge is 2.38. The lowest BCUT2D eigenvalue weighted by molar-refractivity contribution is -0.119. The zero-order chi connectivity index (χ0) is 15.0. The van der Waals surface area contributed by atoms with E-state index in [-0.39, 0.29) is 11.5 Å². The number of carbonyl (C=O) groups is 1. The summed E-state index contributed by atoms with van der Waals surface area (Å²) in [6.45, 7) is 0.516. The Hall–Kier alpha value is -1.49. The number of fused-ring (bicyclic) bond motifs is 1. The fourth-order valence-corrected chi connectivity index (χ4v) is 3.51. The maximum atomic E-state index is 13.9. The molecule has 2 aliphatic rings. The van der Waals surface area contributed by atoms with Crippen molar-refractivity contribution in [2.24, 2.45) is 11.7 Å². The van der Waals surface area contributed by atoms with Gasteiger partial charge in [0, 0.05) is 18.2 Å². The SMILES string of the molecule is NC1C(=O)N(CC2CCCCCC2)c2cc(F)cc(F)c21. The van der Waals surface area contributed by atoms with E-state index in [1.54, 1.807) is 0 Å². The second kappa shape index (κ2) is 5.72. The number of halogens is 2. The smallest absolute Gasteiger partial charge is 0.248 e. The van der Waals surface area contributed by atoms with Crippen molar-refractivity contribution >= 4 is 11.6 Å². The molecule has 1 saturated carbocycles. The molecule has 1 aromatic carbocycles. The molecule has 0 bridgehead atoms. The summed E-state index contributed by atoms with van der Waals surface area (Å²) in [6, 6.07) is 1.01. The minimum absolute atomic E-state index is 0.134. The first-order valence-electron chi connectivity index (χ1n) is 7.64. The Morgan fingerprint density at radius 1 is 1.14 bits per heavy atom. The molecule has 1 amide bonds. The van der Waals surface area contributed by atoms with E-state index < -0.39 is 17.7 Å². The molecule has 3 rings (SSSR count). The standard InChI is InChI=1S/C16H20F2N2O/c17-11-7-12(18)14-13(8-11)20(16(21)15(14)19)9-10-5-3-1-2-4-6-10/h7-8,10,15H,1-6,9,19H2. The molecule has 2 N–H and O–H groups in total. The number of nitrogens with two attached hydrogens (primary N) is 1. The molecular weight excluding hydrogens is 274 g/mol. The van der Waals surface area contributed by atoms with E-state index in [0.29, 0.717) is 18.2 Å². The van der Waals surface area contributed by atoms with Crippen LogP contribution in [0.15, 0.2) is 12.1 Å². The molecule has 1 heterocycles. The summed E-state index contributed by atoms with van der Waals surface area (Å²) in [7, 11) is 0. The maximum Gasteiger partial charge on any atom is 0.248 e. The van der Waals surface area contributed by atoms with E-state index in [4.69, 9.17) is 5.73 Å². The molecule has 1 aliphatic carbocycles. The third-order valence-corrected chi connectivity index (χ3v) is 4.62. The van der Waals surface area contributed by atoms with Gasteiger partial charge >= 0.3 is 0 Å². The van der Waals surface area contributed by atoms with Gasteiger partial charge in [-0.05, 0) is 24.8 Å². The number of nitrogens with zero attached hydrogens (tertiary/aromatic N) is 1. The average molecular weight is 294 g/mol. The zero-order valence-electron chi connectivity index (χ0n) is 11.9. The third kappa shape index (κ3) is 2.67. The summed E-state index contributed by atoms with van der Waals surface area (Å²) in [4.78, 5) is 13.8. The largest absolute Gasteiger partial charge is 0.316 e. The van der Waals surface area contributed by atoms with E-state index in [0.717, 1.165) is 31.7 Å². The van der Waals surface area contributed by atoms with Gasteiger partial charge in [-0.3, -0.25) is 4.79 Å². The predicted octanol–water partition coefficient (Wildman–Crippen LogP) is 3.28. The zero-order valence-corrected chi connectivity index (χ0v) is 11.9. The molecule has 114 valence electrons. The van der Waals surface area contributed by atoms with Crippen LogP contribution in [0.3, 0.4) is 0 Å². The van der Waals surface area contributed by atoms with Crippen LogP contribution >= 0.6 is 0 Å². The molecule has 1 aliphatic heterocycles. The lowest BCUT2D eigenvalue weighted by atomic mass is 9.99. The quantitative estimate of drug-likeness (QED) is 0.851. The van der Waals surface area contributed by atoms with E-state index in [2.05, 4.69) is 0 Å². The molecule has 0 saturated heterocycles. The normalized spacial score (nSPS) is 23.3. The third-order valence-electron chi connectivity index (χ3n) is 4.62. The van der Waals surface area contributed by atoms with Gasteiger partial charge < -0.3 is 10.6 Å². The van der Waals surface area contributed by atoms with E-state index in [1.807, 2.05) is 0 Å². The molecule has 1 atom stereocenters. The average Bonchev–Trinajstić information content (AvgIpc) is 2.64. The summed E-state index contributed by atoms with van der Waals surface area (Å²) in [5.74, 6) is -1.33. The minimum atomic E-state index is -1.01. The van der Waals surface area contributed by atoms with Gasteiger partial charge in [0.1, 0.15) is 17.7 Å². The molecule has 1 unspecified atom stereocenters. The van der Waals surface area contributed by atoms with Gasteiger partial charge in [-0.25, -0.2) is 8.78 Å². The van der Waals surface area contributed by atoms with Crippen molar-refractivity contribution in [2.45, 2.75) is 44.6 Å². The van der Waals surface area contributed by atoms with Crippen LogP contribution in [0.2, 0.25) is 0 Å². The first-order valence-corrected chi connectivity index (χ1v) is 7.64. The van der Waals surface area contributed by atoms with Gasteiger partial charge in [-0.2, -0.15) is 0 Å². The van der Waals surface area contributed by atoms with Crippen molar-refractivity contribution in [2.75, 3.05) is 11.4 Å². The summed E-state index contributed by atoms with van der Waals surface area (Å²) < 4.78 is 27.4. The van der Waals surface area contributed by atoms with Crippen molar-refractivity contribution in [1.82, 2.24) is 0 Å². The fourth-order valence-electron chi connectivity index (χ4n) is 3.51. The Labute approximate surface area is 123 Å². The molecule has 21 heavy (non-hydrogen) atoms. The lowest BCUT2D eigenvalue weighted by Crippen LogP contribution is -2.35. The maximum absolute atomic E-state index is 13.9. The monoisotopic (exact) mass is 294 g/mol. The lowest BCUT2D eigenvalue weighted by Gasteiger charge is -2.23. The molecule has 3 nitrogen and oxygen atoms in total. The number of carbonyl (C=O) groups excluding carboxylic acids is 1. The van der Waals surface area contributed by atoms with Crippen molar-refractivity contribution in [3.63, 3.8) is 0 Å². The van der Waals surface area contributed by atoms with Gasteiger partial charge in [-0.1, -0.05) is 25.7 Å². The van der Waals surface area contributed by atoms with E-state index in [9.17, 15) is 13.6 Å². The van der Waals surface area contributed by atoms with Crippen molar-refractivity contribution in [3.05, 3.63) is 29.3 Å². The Bertz CT molecular complexity index is 553. The highest BCUT2D eigenvalue weighted by atomic mass is 19.1. The van der Waals surface area contributed by atoms with Crippen LogP contribution in [0.1, 0.15) is 50.1 Å². The Balaban J connectivity index is 1.88. The van der Waals surface area contributed by atoms with Crippen LogP contribution in [0.5, 0.6) is 0 Å². The van der Waals surface area contributed by atoms with Crippen molar-refractivity contribution in [3.8, 4) is 0 Å². The molecule has 5 heteroatoms. The van der Waals surface area contributed by atoms with Crippen LogP contribution in [-0.4, -0.2) is 12.5 Å². The van der Waals surface area contributed by atoms with Gasteiger partial charge in [0.05, 0.1) is 5.69 Å². The van der Waals surface area contributed by atoms with Gasteiger partial charge in [-0.15, -0.1) is 0 Å². The number of amides is 1. The van der Waals surface area contributed by atoms with Gasteiger partial charge in [0.2, 0.25) is 5.91 Å². The van der Waals surface area contributed by atoms with Crippen LogP contribution in [0.4, 0.5) is 14.5 Å². The topological polar surface area (TPSA) is 46.3 Å². The Kier molecular flexibility index (Phi) is 3.93. The Morgan fingerprint density at radius 3 is 2.48 bits per heavy atom. The molecule has 0 spiro atoms. The molecule has 1 aromatic rings. The van der Waals surface area contributed by atoms with Crippen LogP contribution in [0, 0.1) is 17.6 Å². The fraction of sp³-hybridized carbons (Fsp3) is 0.562.